The summed E-state index contributed by atoms with van der Waals surface area (Å²) in [6.45, 7) is 6.36. The third-order valence-electron chi connectivity index (χ3n) is 4.01. The van der Waals surface area contributed by atoms with Gasteiger partial charge in [0.1, 0.15) is 0 Å². The van der Waals surface area contributed by atoms with E-state index in [1.54, 1.807) is 0 Å². The number of aliphatic hydroxyl groups is 1. The van der Waals surface area contributed by atoms with E-state index in [0.29, 0.717) is 18.6 Å². The minimum Gasteiger partial charge on any atom is -0.396 e. The van der Waals surface area contributed by atoms with Gasteiger partial charge >= 0.3 is 0 Å². The molecule has 2 N–H and O–H groups in total. The van der Waals surface area contributed by atoms with Crippen molar-refractivity contribution in [1.82, 2.24) is 15.1 Å². The number of aliphatic hydroxyl groups excluding tert-OH is 1. The van der Waals surface area contributed by atoms with E-state index in [2.05, 4.69) is 35.0 Å². The summed E-state index contributed by atoms with van der Waals surface area (Å²) in [7, 11) is 0. The predicted molar refractivity (Wildman–Crippen MR) is 72.3 cm³/mol. The lowest BCUT2D eigenvalue weighted by atomic mass is 10.1. The van der Waals surface area contributed by atoms with Crippen LogP contribution in [0.1, 0.15) is 44.5 Å². The average Bonchev–Trinajstić information content (AvgIpc) is 3.01. The van der Waals surface area contributed by atoms with Crippen LogP contribution in [0.5, 0.6) is 0 Å². The van der Waals surface area contributed by atoms with Crippen LogP contribution in [-0.2, 0) is 19.5 Å². The molecule has 0 spiro atoms. The molecule has 1 saturated carbocycles. The minimum absolute atomic E-state index is 0.310. The van der Waals surface area contributed by atoms with Crippen LogP contribution in [-0.4, -0.2) is 27.5 Å². The number of hydrogen-bond donors (Lipinski definition) is 2. The standard InChI is InChI=1S/C14H25N3O/c1-3-12-8-13(17(4-2)16-12)9-15-14-7-5-6-11(14)10-18/h8,11,14-15,18H,3-7,9-10H2,1-2H3. The third kappa shape index (κ3) is 2.93. The topological polar surface area (TPSA) is 50.1 Å². The van der Waals surface area contributed by atoms with Crippen LogP contribution in [0.2, 0.25) is 0 Å². The summed E-state index contributed by atoms with van der Waals surface area (Å²) in [6.07, 6.45) is 4.56. The second kappa shape index (κ2) is 6.34. The molecule has 0 radical (unpaired) electrons. The molecule has 0 amide bonds. The summed E-state index contributed by atoms with van der Waals surface area (Å²) in [5.74, 6) is 0.439. The number of nitrogens with zero attached hydrogens (tertiary/aromatic N) is 2. The van der Waals surface area contributed by atoms with Crippen LogP contribution in [0.3, 0.4) is 0 Å². The highest BCUT2D eigenvalue weighted by Gasteiger charge is 2.26. The zero-order chi connectivity index (χ0) is 13.0. The van der Waals surface area contributed by atoms with E-state index in [-0.39, 0.29) is 0 Å². The van der Waals surface area contributed by atoms with Gasteiger partial charge < -0.3 is 10.4 Å². The first-order valence-corrected chi connectivity index (χ1v) is 7.18. The van der Waals surface area contributed by atoms with Gasteiger partial charge in [0.2, 0.25) is 0 Å². The lowest BCUT2D eigenvalue weighted by molar-refractivity contribution is 0.204. The van der Waals surface area contributed by atoms with E-state index >= 15 is 0 Å². The first-order valence-electron chi connectivity index (χ1n) is 7.18. The van der Waals surface area contributed by atoms with Gasteiger partial charge in [0.25, 0.3) is 0 Å². The Bertz CT molecular complexity index is 375. The molecule has 1 aromatic heterocycles. The summed E-state index contributed by atoms with van der Waals surface area (Å²) in [4.78, 5) is 0. The Morgan fingerprint density at radius 1 is 1.44 bits per heavy atom. The van der Waals surface area contributed by atoms with Crippen molar-refractivity contribution >= 4 is 0 Å². The van der Waals surface area contributed by atoms with Crippen molar-refractivity contribution < 1.29 is 5.11 Å². The largest absolute Gasteiger partial charge is 0.396 e. The lowest BCUT2D eigenvalue weighted by Gasteiger charge is -2.19. The minimum atomic E-state index is 0.310. The second-order valence-electron chi connectivity index (χ2n) is 5.16. The zero-order valence-corrected chi connectivity index (χ0v) is 11.5. The molecule has 18 heavy (non-hydrogen) atoms. The predicted octanol–water partition coefficient (Wildman–Crippen LogP) is 1.72. The van der Waals surface area contributed by atoms with E-state index in [4.69, 9.17) is 0 Å². The Kier molecular flexibility index (Phi) is 4.78. The van der Waals surface area contributed by atoms with Gasteiger partial charge in [-0.05, 0) is 38.2 Å². The highest BCUT2D eigenvalue weighted by atomic mass is 16.3. The van der Waals surface area contributed by atoms with Gasteiger partial charge in [-0.25, -0.2) is 0 Å². The molecule has 4 nitrogen and oxygen atoms in total. The highest BCUT2D eigenvalue weighted by molar-refractivity contribution is 5.10. The lowest BCUT2D eigenvalue weighted by Crippen LogP contribution is -2.34. The van der Waals surface area contributed by atoms with Crippen molar-refractivity contribution in [2.45, 2.75) is 58.7 Å². The zero-order valence-electron chi connectivity index (χ0n) is 11.5. The fourth-order valence-electron chi connectivity index (χ4n) is 2.86. The number of hydrogen-bond acceptors (Lipinski definition) is 3. The molecule has 1 heterocycles. The maximum Gasteiger partial charge on any atom is 0.0625 e. The molecule has 1 aromatic rings. The second-order valence-corrected chi connectivity index (χ2v) is 5.16. The normalized spacial score (nSPS) is 23.7. The number of aryl methyl sites for hydroxylation is 2. The molecule has 1 aliphatic rings. The van der Waals surface area contributed by atoms with Crippen LogP contribution >= 0.6 is 0 Å². The molecule has 0 aromatic carbocycles. The van der Waals surface area contributed by atoms with Crippen molar-refractivity contribution in [2.24, 2.45) is 5.92 Å². The Morgan fingerprint density at radius 3 is 2.94 bits per heavy atom. The van der Waals surface area contributed by atoms with Gasteiger partial charge in [-0.1, -0.05) is 13.3 Å². The van der Waals surface area contributed by atoms with Crippen LogP contribution in [0.15, 0.2) is 6.07 Å². The van der Waals surface area contributed by atoms with Crippen LogP contribution in [0.25, 0.3) is 0 Å². The molecule has 1 fully saturated rings. The van der Waals surface area contributed by atoms with Crippen molar-refractivity contribution in [3.05, 3.63) is 17.5 Å². The van der Waals surface area contributed by atoms with Gasteiger partial charge in [-0.3, -0.25) is 4.68 Å². The summed E-state index contributed by atoms with van der Waals surface area (Å²) in [5, 5.41) is 17.5. The maximum absolute atomic E-state index is 9.32. The highest BCUT2D eigenvalue weighted by Crippen LogP contribution is 2.25. The Morgan fingerprint density at radius 2 is 2.28 bits per heavy atom. The quantitative estimate of drug-likeness (QED) is 0.809. The molecule has 2 atom stereocenters. The summed E-state index contributed by atoms with van der Waals surface area (Å²) < 4.78 is 2.08. The van der Waals surface area contributed by atoms with Gasteiger partial charge in [0.15, 0.2) is 0 Å². The van der Waals surface area contributed by atoms with E-state index in [0.717, 1.165) is 25.9 Å². The Labute approximate surface area is 109 Å². The monoisotopic (exact) mass is 251 g/mol. The van der Waals surface area contributed by atoms with Gasteiger partial charge in [0.05, 0.1) is 11.4 Å². The molecule has 0 aliphatic heterocycles. The number of rotatable bonds is 6. The Balaban J connectivity index is 1.94. The number of aromatic nitrogens is 2. The molecule has 4 heteroatoms. The van der Waals surface area contributed by atoms with Crippen LogP contribution in [0.4, 0.5) is 0 Å². The van der Waals surface area contributed by atoms with E-state index in [9.17, 15) is 5.11 Å². The molecule has 2 unspecified atom stereocenters. The molecular formula is C14H25N3O. The first kappa shape index (κ1) is 13.6. The van der Waals surface area contributed by atoms with Gasteiger partial charge in [0, 0.05) is 25.7 Å². The summed E-state index contributed by atoms with van der Waals surface area (Å²) in [6, 6.07) is 2.67. The summed E-state index contributed by atoms with van der Waals surface area (Å²) >= 11 is 0. The average molecular weight is 251 g/mol. The maximum atomic E-state index is 9.32. The van der Waals surface area contributed by atoms with E-state index in [1.807, 2.05) is 0 Å². The van der Waals surface area contributed by atoms with Crippen molar-refractivity contribution in [2.75, 3.05) is 6.61 Å². The van der Waals surface area contributed by atoms with Crippen molar-refractivity contribution in [3.63, 3.8) is 0 Å². The molecule has 0 bridgehead atoms. The smallest absolute Gasteiger partial charge is 0.0625 e. The fraction of sp³-hybridized carbons (Fsp3) is 0.786. The van der Waals surface area contributed by atoms with Gasteiger partial charge in [-0.2, -0.15) is 5.10 Å². The molecule has 0 saturated heterocycles. The van der Waals surface area contributed by atoms with E-state index < -0.39 is 0 Å². The molecular weight excluding hydrogens is 226 g/mol. The molecule has 2 rings (SSSR count). The molecule has 1 aliphatic carbocycles. The van der Waals surface area contributed by atoms with Crippen molar-refractivity contribution in [1.29, 1.82) is 0 Å². The third-order valence-corrected chi connectivity index (χ3v) is 4.01. The Hall–Kier alpha value is -0.870. The van der Waals surface area contributed by atoms with Crippen molar-refractivity contribution in [3.8, 4) is 0 Å². The summed E-state index contributed by atoms with van der Waals surface area (Å²) in [5.41, 5.74) is 2.43. The van der Waals surface area contributed by atoms with Gasteiger partial charge in [-0.15, -0.1) is 0 Å². The number of nitrogens with one attached hydrogen (secondary N) is 1. The van der Waals surface area contributed by atoms with Crippen LogP contribution < -0.4 is 5.32 Å². The fourth-order valence-corrected chi connectivity index (χ4v) is 2.86. The van der Waals surface area contributed by atoms with E-state index in [1.165, 1.54) is 24.2 Å². The molecule has 102 valence electrons. The SMILES string of the molecule is CCc1cc(CNC2CCCC2CO)n(CC)n1. The van der Waals surface area contributed by atoms with Crippen LogP contribution in [0, 0.1) is 5.92 Å². The first-order chi connectivity index (χ1) is 8.78.